The van der Waals surface area contributed by atoms with E-state index in [0.717, 1.165) is 21.7 Å². The maximum absolute atomic E-state index is 13.3. The molecule has 2 amide bonds. The predicted octanol–water partition coefficient (Wildman–Crippen LogP) is 6.86. The summed E-state index contributed by atoms with van der Waals surface area (Å²) >= 11 is 0. The van der Waals surface area contributed by atoms with E-state index in [0.29, 0.717) is 23.9 Å². The summed E-state index contributed by atoms with van der Waals surface area (Å²) < 4.78 is 6.13. The van der Waals surface area contributed by atoms with Gasteiger partial charge in [-0.3, -0.25) is 15.3 Å². The molecule has 4 aromatic rings. The Hall–Kier alpha value is -4.36. The fraction of sp³-hybridized carbons (Fsp3) is 0.200. The monoisotopic (exact) mass is 498 g/mol. The molecule has 0 aliphatic rings. The van der Waals surface area contributed by atoms with Gasteiger partial charge in [0.2, 0.25) is 0 Å². The number of hydroxylamine groups is 1. The highest BCUT2D eigenvalue weighted by molar-refractivity contribution is 6.00. The lowest BCUT2D eigenvalue weighted by molar-refractivity contribution is -0.124. The number of ether oxygens (including phenoxy) is 1. The van der Waals surface area contributed by atoms with Crippen molar-refractivity contribution in [3.63, 3.8) is 0 Å². The van der Waals surface area contributed by atoms with Crippen LogP contribution in [-0.4, -0.2) is 22.3 Å². The minimum absolute atomic E-state index is 0.147. The Balaban J connectivity index is 1.67. The highest BCUT2D eigenvalue weighted by atomic mass is 16.6. The van der Waals surface area contributed by atoms with Crippen LogP contribution in [0, 0.1) is 5.41 Å². The first-order valence-corrected chi connectivity index (χ1v) is 12.1. The van der Waals surface area contributed by atoms with Gasteiger partial charge in [0.05, 0.1) is 5.69 Å². The van der Waals surface area contributed by atoms with Gasteiger partial charge in [0.25, 0.3) is 5.91 Å². The number of nitrogens with one attached hydrogen (secondary N) is 2. The molecular formula is C30H30N2O5. The van der Waals surface area contributed by atoms with Gasteiger partial charge in [-0.1, -0.05) is 86.7 Å². The van der Waals surface area contributed by atoms with Crippen LogP contribution in [0.25, 0.3) is 21.5 Å². The Kier molecular flexibility index (Phi) is 7.74. The van der Waals surface area contributed by atoms with Crippen molar-refractivity contribution in [2.24, 2.45) is 5.41 Å². The summed E-state index contributed by atoms with van der Waals surface area (Å²) in [6, 6.07) is 24.3. The molecule has 0 aliphatic carbocycles. The van der Waals surface area contributed by atoms with Gasteiger partial charge in [-0.15, -0.1) is 0 Å². The fourth-order valence-corrected chi connectivity index (χ4v) is 4.57. The number of rotatable bonds is 8. The van der Waals surface area contributed by atoms with Crippen LogP contribution in [0.3, 0.4) is 0 Å². The van der Waals surface area contributed by atoms with Crippen LogP contribution in [-0.2, 0) is 9.53 Å². The van der Waals surface area contributed by atoms with Gasteiger partial charge in [0.15, 0.2) is 0 Å². The van der Waals surface area contributed by atoms with Crippen molar-refractivity contribution >= 4 is 39.2 Å². The molecular weight excluding hydrogens is 468 g/mol. The van der Waals surface area contributed by atoms with Crippen molar-refractivity contribution in [2.45, 2.75) is 32.8 Å². The smallest absolute Gasteiger partial charge is 0.412 e. The van der Waals surface area contributed by atoms with Crippen molar-refractivity contribution in [3.05, 3.63) is 96.6 Å². The summed E-state index contributed by atoms with van der Waals surface area (Å²) in [6.07, 6.45) is 2.74. The van der Waals surface area contributed by atoms with Crippen LogP contribution < -0.4 is 10.8 Å². The summed E-state index contributed by atoms with van der Waals surface area (Å²) in [5, 5.41) is 25.4. The molecule has 4 rings (SSSR count). The molecule has 7 heteroatoms. The van der Waals surface area contributed by atoms with Crippen LogP contribution in [0.4, 0.5) is 10.5 Å². The number of hydrogen-bond donors (Lipinski definition) is 4. The second kappa shape index (κ2) is 11.1. The summed E-state index contributed by atoms with van der Waals surface area (Å²) in [7, 11) is 0. The third kappa shape index (κ3) is 5.90. The number of aromatic hydroxyl groups is 1. The number of hydrogen-bond acceptors (Lipinski definition) is 5. The van der Waals surface area contributed by atoms with Gasteiger partial charge in [-0.2, -0.15) is 0 Å². The number of phenols is 1. The molecule has 0 radical (unpaired) electrons. The minimum atomic E-state index is -0.673. The molecule has 0 spiro atoms. The quantitative estimate of drug-likeness (QED) is 0.121. The Morgan fingerprint density at radius 1 is 0.919 bits per heavy atom. The number of anilines is 1. The lowest BCUT2D eigenvalue weighted by atomic mass is 9.77. The van der Waals surface area contributed by atoms with Gasteiger partial charge in [0.1, 0.15) is 11.9 Å². The average Bonchev–Trinajstić information content (AvgIpc) is 2.90. The van der Waals surface area contributed by atoms with Crippen LogP contribution in [0.2, 0.25) is 0 Å². The summed E-state index contributed by atoms with van der Waals surface area (Å²) in [4.78, 5) is 24.6. The van der Waals surface area contributed by atoms with E-state index in [1.807, 2.05) is 80.6 Å². The van der Waals surface area contributed by atoms with Crippen molar-refractivity contribution in [1.82, 2.24) is 5.48 Å². The SMILES string of the molecule is CC(C)(CC/C=C/C(=O)NO)[C@@H](OC(=O)Nc1cccc2ccccc12)c1ccc(O)c2ccccc12. The predicted molar refractivity (Wildman–Crippen MR) is 144 cm³/mol. The second-order valence-electron chi connectivity index (χ2n) is 9.56. The van der Waals surface area contributed by atoms with Crippen molar-refractivity contribution < 1.29 is 24.6 Å². The zero-order valence-electron chi connectivity index (χ0n) is 20.8. The fourth-order valence-electron chi connectivity index (χ4n) is 4.57. The molecule has 4 N–H and O–H groups in total. The van der Waals surface area contributed by atoms with Gasteiger partial charge >= 0.3 is 6.09 Å². The zero-order chi connectivity index (χ0) is 26.4. The summed E-state index contributed by atoms with van der Waals surface area (Å²) in [5.74, 6) is -0.460. The second-order valence-corrected chi connectivity index (χ2v) is 9.56. The topological polar surface area (TPSA) is 108 Å². The molecule has 4 aromatic carbocycles. The van der Waals surface area contributed by atoms with E-state index < -0.39 is 23.5 Å². The number of benzene rings is 4. The van der Waals surface area contributed by atoms with Gasteiger partial charge in [-0.25, -0.2) is 10.3 Å². The number of amides is 2. The van der Waals surface area contributed by atoms with Gasteiger partial charge in [-0.05, 0) is 35.7 Å². The zero-order valence-corrected chi connectivity index (χ0v) is 20.8. The van der Waals surface area contributed by atoms with E-state index >= 15 is 0 Å². The Bertz CT molecular complexity index is 1460. The highest BCUT2D eigenvalue weighted by Gasteiger charge is 2.35. The van der Waals surface area contributed by atoms with Crippen LogP contribution in [0.15, 0.2) is 91.0 Å². The lowest BCUT2D eigenvalue weighted by Gasteiger charge is -2.35. The Labute approximate surface area is 215 Å². The normalized spacial score (nSPS) is 12.5. The summed E-state index contributed by atoms with van der Waals surface area (Å²) in [5.41, 5.74) is 2.43. The van der Waals surface area contributed by atoms with Crippen LogP contribution in [0.1, 0.15) is 38.4 Å². The Morgan fingerprint density at radius 2 is 1.59 bits per heavy atom. The molecule has 0 saturated heterocycles. The van der Waals surface area contributed by atoms with E-state index in [2.05, 4.69) is 5.32 Å². The van der Waals surface area contributed by atoms with Crippen molar-refractivity contribution in [1.29, 1.82) is 0 Å². The molecule has 7 nitrogen and oxygen atoms in total. The molecule has 0 saturated carbocycles. The van der Waals surface area contributed by atoms with Crippen LogP contribution in [0.5, 0.6) is 5.75 Å². The molecule has 190 valence electrons. The number of carbonyl (C=O) groups excluding carboxylic acids is 2. The largest absolute Gasteiger partial charge is 0.507 e. The van der Waals surface area contributed by atoms with E-state index in [4.69, 9.17) is 9.94 Å². The number of carbonyl (C=O) groups is 2. The first-order valence-electron chi connectivity index (χ1n) is 12.1. The highest BCUT2D eigenvalue weighted by Crippen LogP contribution is 2.44. The Morgan fingerprint density at radius 3 is 2.35 bits per heavy atom. The van der Waals surface area contributed by atoms with Gasteiger partial charge < -0.3 is 9.84 Å². The standard InChI is InChI=1S/C30H30N2O5/c1-30(2,19-8-7-16-27(34)32-36)28(24-17-18-26(33)23-14-6-5-13-22(23)24)37-29(35)31-25-15-9-11-20-10-3-4-12-21(20)25/h3-7,9-18,28,33,36H,8,19H2,1-2H3,(H,31,35)(H,32,34)/b16-7+/t28-/m0/s1. The first kappa shape index (κ1) is 25.7. The third-order valence-corrected chi connectivity index (χ3v) is 6.51. The number of phenolic OH excluding ortho intramolecular Hbond substituents is 1. The lowest BCUT2D eigenvalue weighted by Crippen LogP contribution is -2.29. The number of allylic oxidation sites excluding steroid dienone is 1. The van der Waals surface area contributed by atoms with E-state index in [1.54, 1.807) is 23.7 Å². The average molecular weight is 499 g/mol. The molecule has 37 heavy (non-hydrogen) atoms. The van der Waals surface area contributed by atoms with Crippen molar-refractivity contribution in [2.75, 3.05) is 5.32 Å². The molecule has 0 aliphatic heterocycles. The third-order valence-electron chi connectivity index (χ3n) is 6.51. The van der Waals surface area contributed by atoms with E-state index in [-0.39, 0.29) is 5.75 Å². The number of fused-ring (bicyclic) bond motifs is 2. The molecule has 0 fully saturated rings. The molecule has 0 heterocycles. The summed E-state index contributed by atoms with van der Waals surface area (Å²) in [6.45, 7) is 3.98. The van der Waals surface area contributed by atoms with Crippen molar-refractivity contribution in [3.8, 4) is 5.75 Å². The molecule has 0 aromatic heterocycles. The van der Waals surface area contributed by atoms with Gasteiger partial charge in [0, 0.05) is 27.8 Å². The molecule has 0 bridgehead atoms. The maximum Gasteiger partial charge on any atom is 0.412 e. The van der Waals surface area contributed by atoms with E-state index in [9.17, 15) is 14.7 Å². The minimum Gasteiger partial charge on any atom is -0.507 e. The van der Waals surface area contributed by atoms with Crippen LogP contribution >= 0.6 is 0 Å². The molecule has 1 atom stereocenters. The first-order chi connectivity index (χ1) is 17.8. The van der Waals surface area contributed by atoms with E-state index in [1.165, 1.54) is 6.08 Å². The molecule has 0 unspecified atom stereocenters. The maximum atomic E-state index is 13.3.